The first-order valence-electron chi connectivity index (χ1n) is 7.79. The number of para-hydroxylation sites is 1. The van der Waals surface area contributed by atoms with E-state index < -0.39 is 7.12 Å². The average Bonchev–Trinajstić information content (AvgIpc) is 2.75. The van der Waals surface area contributed by atoms with Crippen molar-refractivity contribution in [2.75, 3.05) is 7.11 Å². The van der Waals surface area contributed by atoms with Crippen molar-refractivity contribution < 1.29 is 14.0 Å². The molecule has 120 valence electrons. The van der Waals surface area contributed by atoms with Gasteiger partial charge in [-0.2, -0.15) is 0 Å². The Morgan fingerprint density at radius 2 is 1.61 bits per heavy atom. The van der Waals surface area contributed by atoms with Crippen LogP contribution in [0.5, 0.6) is 5.75 Å². The minimum absolute atomic E-state index is 0.360. The van der Waals surface area contributed by atoms with Gasteiger partial charge in [-0.05, 0) is 39.8 Å². The summed E-state index contributed by atoms with van der Waals surface area (Å²) in [5.74, 6) is 0.831. The van der Waals surface area contributed by atoms with Crippen LogP contribution in [0.2, 0.25) is 0 Å². The second-order valence-electron chi connectivity index (χ2n) is 6.76. The minimum atomic E-state index is -0.438. The van der Waals surface area contributed by atoms with Crippen LogP contribution in [-0.2, 0) is 9.31 Å². The second kappa shape index (κ2) is 5.66. The van der Waals surface area contributed by atoms with E-state index in [0.717, 1.165) is 22.5 Å². The van der Waals surface area contributed by atoms with Crippen LogP contribution in [0.1, 0.15) is 27.7 Å². The van der Waals surface area contributed by atoms with Gasteiger partial charge in [0.1, 0.15) is 5.75 Å². The Morgan fingerprint density at radius 3 is 2.17 bits per heavy atom. The van der Waals surface area contributed by atoms with Gasteiger partial charge in [-0.3, -0.25) is 4.98 Å². The molecule has 1 fully saturated rings. The van der Waals surface area contributed by atoms with Crippen molar-refractivity contribution in [1.29, 1.82) is 0 Å². The summed E-state index contributed by atoms with van der Waals surface area (Å²) < 4.78 is 17.5. The van der Waals surface area contributed by atoms with Crippen LogP contribution in [0, 0.1) is 0 Å². The number of hydrogen-bond donors (Lipinski definition) is 0. The maximum absolute atomic E-state index is 6.03. The van der Waals surface area contributed by atoms with Gasteiger partial charge in [0.25, 0.3) is 0 Å². The van der Waals surface area contributed by atoms with E-state index in [0.29, 0.717) is 0 Å². The van der Waals surface area contributed by atoms with E-state index in [2.05, 4.69) is 4.98 Å². The summed E-state index contributed by atoms with van der Waals surface area (Å²) in [5.41, 5.74) is 2.08. The molecular weight excluding hydrogens is 289 g/mol. The Hall–Kier alpha value is -1.85. The monoisotopic (exact) mass is 311 g/mol. The largest absolute Gasteiger partial charge is 0.514 e. The van der Waals surface area contributed by atoms with Crippen molar-refractivity contribution >= 4 is 12.7 Å². The van der Waals surface area contributed by atoms with Gasteiger partial charge in [-0.1, -0.05) is 24.3 Å². The Kier molecular flexibility index (Phi) is 3.94. The molecule has 2 heterocycles. The highest BCUT2D eigenvalue weighted by Crippen LogP contribution is 2.36. The highest BCUT2D eigenvalue weighted by Gasteiger charge is 2.52. The van der Waals surface area contributed by atoms with Crippen LogP contribution in [0.25, 0.3) is 11.1 Å². The van der Waals surface area contributed by atoms with Crippen LogP contribution in [0.3, 0.4) is 0 Å². The number of nitrogens with zero attached hydrogens (tertiary/aromatic N) is 1. The zero-order valence-corrected chi connectivity index (χ0v) is 14.3. The smallest absolute Gasteiger partial charge is 0.496 e. The molecule has 5 heteroatoms. The predicted octanol–water partition coefficient (Wildman–Crippen LogP) is 3.06. The van der Waals surface area contributed by atoms with Crippen molar-refractivity contribution in [3.63, 3.8) is 0 Å². The molecule has 0 bridgehead atoms. The van der Waals surface area contributed by atoms with Gasteiger partial charge in [0, 0.05) is 17.3 Å². The van der Waals surface area contributed by atoms with E-state index >= 15 is 0 Å². The molecule has 0 atom stereocenters. The molecule has 1 aromatic heterocycles. The average molecular weight is 311 g/mol. The Balaban J connectivity index is 1.86. The molecular formula is C18H22BNO3. The summed E-state index contributed by atoms with van der Waals surface area (Å²) in [7, 11) is 1.23. The van der Waals surface area contributed by atoms with Crippen LogP contribution < -0.4 is 10.3 Å². The predicted molar refractivity (Wildman–Crippen MR) is 91.9 cm³/mol. The van der Waals surface area contributed by atoms with Crippen molar-refractivity contribution in [2.45, 2.75) is 38.9 Å². The number of ether oxygens (including phenoxy) is 1. The summed E-state index contributed by atoms with van der Waals surface area (Å²) in [6.07, 6.45) is 1.83. The molecule has 3 rings (SSSR count). The third-order valence-corrected chi connectivity index (χ3v) is 4.70. The normalized spacial score (nSPS) is 18.9. The van der Waals surface area contributed by atoms with Crippen LogP contribution in [0.4, 0.5) is 0 Å². The van der Waals surface area contributed by atoms with Crippen molar-refractivity contribution in [1.82, 2.24) is 4.98 Å². The molecule has 1 saturated heterocycles. The van der Waals surface area contributed by atoms with Gasteiger partial charge in [-0.15, -0.1) is 0 Å². The minimum Gasteiger partial charge on any atom is -0.496 e. The number of aromatic nitrogens is 1. The molecule has 23 heavy (non-hydrogen) atoms. The third kappa shape index (κ3) is 2.86. The maximum atomic E-state index is 6.03. The SMILES string of the molecule is COc1ccccc1-c1ccc(B2OC(C)(C)C(C)(C)O2)nc1. The van der Waals surface area contributed by atoms with Crippen LogP contribution in [-0.4, -0.2) is 30.4 Å². The number of benzene rings is 1. The molecule has 0 saturated carbocycles. The highest BCUT2D eigenvalue weighted by molar-refractivity contribution is 6.61. The van der Waals surface area contributed by atoms with Crippen molar-refractivity contribution in [3.8, 4) is 16.9 Å². The molecule has 1 aliphatic rings. The molecule has 0 unspecified atom stereocenters. The lowest BCUT2D eigenvalue weighted by Gasteiger charge is -2.32. The van der Waals surface area contributed by atoms with Gasteiger partial charge in [0.2, 0.25) is 0 Å². The first-order valence-corrected chi connectivity index (χ1v) is 7.79. The molecule has 2 aromatic rings. The van der Waals surface area contributed by atoms with Gasteiger partial charge < -0.3 is 14.0 Å². The zero-order valence-electron chi connectivity index (χ0n) is 14.3. The Bertz CT molecular complexity index is 682. The maximum Gasteiger partial charge on any atom is 0.514 e. The fraction of sp³-hybridized carbons (Fsp3) is 0.389. The quantitative estimate of drug-likeness (QED) is 0.817. The lowest BCUT2D eigenvalue weighted by molar-refractivity contribution is 0.00578. The third-order valence-electron chi connectivity index (χ3n) is 4.70. The second-order valence-corrected chi connectivity index (χ2v) is 6.76. The number of rotatable bonds is 3. The van der Waals surface area contributed by atoms with E-state index in [4.69, 9.17) is 14.0 Å². The fourth-order valence-corrected chi connectivity index (χ4v) is 2.55. The van der Waals surface area contributed by atoms with Crippen molar-refractivity contribution in [3.05, 3.63) is 42.6 Å². The number of pyridine rings is 1. The summed E-state index contributed by atoms with van der Waals surface area (Å²) in [5, 5.41) is 0. The van der Waals surface area contributed by atoms with Crippen LogP contribution in [0.15, 0.2) is 42.6 Å². The van der Waals surface area contributed by atoms with Gasteiger partial charge in [0.15, 0.2) is 0 Å². The highest BCUT2D eigenvalue weighted by atomic mass is 16.7. The molecule has 1 aromatic carbocycles. The van der Waals surface area contributed by atoms with E-state index in [1.54, 1.807) is 7.11 Å². The standard InChI is InChI=1S/C18H22BNO3/c1-17(2)18(3,4)23-19(22-17)16-11-10-13(12-20-16)14-8-6-7-9-15(14)21-5/h6-12H,1-5H3. The first kappa shape index (κ1) is 16.0. The zero-order chi connectivity index (χ0) is 16.7. The summed E-state index contributed by atoms with van der Waals surface area (Å²) in [4.78, 5) is 4.54. The molecule has 0 spiro atoms. The fourth-order valence-electron chi connectivity index (χ4n) is 2.55. The number of methoxy groups -OCH3 is 1. The first-order chi connectivity index (χ1) is 10.8. The lowest BCUT2D eigenvalue weighted by Crippen LogP contribution is -2.41. The van der Waals surface area contributed by atoms with E-state index in [-0.39, 0.29) is 11.2 Å². The molecule has 0 aliphatic carbocycles. The van der Waals surface area contributed by atoms with Crippen molar-refractivity contribution in [2.24, 2.45) is 0 Å². The van der Waals surface area contributed by atoms with E-state index in [1.807, 2.05) is 70.3 Å². The van der Waals surface area contributed by atoms with Crippen LogP contribution >= 0.6 is 0 Å². The topological polar surface area (TPSA) is 40.6 Å². The van der Waals surface area contributed by atoms with Gasteiger partial charge in [-0.25, -0.2) is 0 Å². The summed E-state index contributed by atoms with van der Waals surface area (Å²) >= 11 is 0. The summed E-state index contributed by atoms with van der Waals surface area (Å²) in [6, 6.07) is 11.9. The van der Waals surface area contributed by atoms with Gasteiger partial charge >= 0.3 is 7.12 Å². The molecule has 1 aliphatic heterocycles. The Labute approximate surface area is 137 Å². The lowest BCUT2D eigenvalue weighted by atomic mass is 9.84. The van der Waals surface area contributed by atoms with Gasteiger partial charge in [0.05, 0.1) is 23.9 Å². The van der Waals surface area contributed by atoms with E-state index in [1.165, 1.54) is 0 Å². The molecule has 0 amide bonds. The molecule has 0 radical (unpaired) electrons. The Morgan fingerprint density at radius 1 is 0.957 bits per heavy atom. The number of hydrogen-bond acceptors (Lipinski definition) is 4. The summed E-state index contributed by atoms with van der Waals surface area (Å²) in [6.45, 7) is 8.15. The van der Waals surface area contributed by atoms with E-state index in [9.17, 15) is 0 Å². The molecule has 0 N–H and O–H groups in total. The molecule has 4 nitrogen and oxygen atoms in total.